The van der Waals surface area contributed by atoms with Gasteiger partial charge in [-0.15, -0.1) is 0 Å². The van der Waals surface area contributed by atoms with Crippen LogP contribution < -0.4 is 5.32 Å². The second-order valence-corrected chi connectivity index (χ2v) is 5.26. The minimum absolute atomic E-state index is 0.271. The van der Waals surface area contributed by atoms with Crippen LogP contribution in [0.4, 0.5) is 5.82 Å². The van der Waals surface area contributed by atoms with E-state index in [1.165, 1.54) is 0 Å². The molecule has 21 heavy (non-hydrogen) atoms. The first kappa shape index (κ1) is 15.2. The molecule has 0 radical (unpaired) electrons. The molecule has 0 aromatic carbocycles. The molecule has 0 aliphatic rings. The molecule has 0 aliphatic heterocycles. The summed E-state index contributed by atoms with van der Waals surface area (Å²) in [6.45, 7) is 9.00. The van der Waals surface area contributed by atoms with Gasteiger partial charge in [0.2, 0.25) is 0 Å². The highest BCUT2D eigenvalue weighted by Crippen LogP contribution is 2.23. The molecule has 0 aliphatic carbocycles. The Bertz CT molecular complexity index is 627. The van der Waals surface area contributed by atoms with E-state index >= 15 is 0 Å². The van der Waals surface area contributed by atoms with Crippen molar-refractivity contribution in [1.82, 2.24) is 14.8 Å². The van der Waals surface area contributed by atoms with Crippen LogP contribution in [0.5, 0.6) is 0 Å². The Balaban J connectivity index is 2.48. The second-order valence-electron chi connectivity index (χ2n) is 5.26. The van der Waals surface area contributed by atoms with Gasteiger partial charge in [0.25, 0.3) is 0 Å². The maximum Gasteiger partial charge on any atom is 0.136 e. The van der Waals surface area contributed by atoms with Crippen molar-refractivity contribution in [2.45, 2.75) is 46.7 Å². The molecule has 0 saturated heterocycles. The predicted molar refractivity (Wildman–Crippen MR) is 87.0 cm³/mol. The summed E-state index contributed by atoms with van der Waals surface area (Å²) < 4.78 is 1.92. The zero-order valence-electron chi connectivity index (χ0n) is 13.1. The van der Waals surface area contributed by atoms with Crippen molar-refractivity contribution in [3.8, 4) is 11.4 Å². The molecule has 112 valence electrons. The van der Waals surface area contributed by atoms with E-state index < -0.39 is 0 Å². The van der Waals surface area contributed by atoms with E-state index in [1.807, 2.05) is 29.8 Å². The van der Waals surface area contributed by atoms with Gasteiger partial charge < -0.3 is 10.7 Å². The summed E-state index contributed by atoms with van der Waals surface area (Å²) in [4.78, 5) is 4.72. The Morgan fingerprint density at radius 1 is 1.29 bits per heavy atom. The number of nitrogens with one attached hydrogen (secondary N) is 2. The predicted octanol–water partition coefficient (Wildman–Crippen LogP) is 3.56. The molecule has 2 aromatic rings. The molecule has 0 unspecified atom stereocenters. The molecule has 0 bridgehead atoms. The largest absolute Gasteiger partial charge is 0.367 e. The molecular formula is C16H23N5. The van der Waals surface area contributed by atoms with Crippen LogP contribution in [0.3, 0.4) is 0 Å². The lowest BCUT2D eigenvalue weighted by Gasteiger charge is -2.15. The molecule has 0 atom stereocenters. The maximum atomic E-state index is 8.09. The van der Waals surface area contributed by atoms with E-state index in [9.17, 15) is 0 Å². The smallest absolute Gasteiger partial charge is 0.136 e. The Hall–Kier alpha value is -2.17. The zero-order chi connectivity index (χ0) is 15.4. The first-order valence-corrected chi connectivity index (χ1v) is 7.44. The van der Waals surface area contributed by atoms with E-state index in [0.717, 1.165) is 29.3 Å². The molecule has 2 N–H and O–H groups in total. The molecule has 5 heteroatoms. The second kappa shape index (κ2) is 6.52. The summed E-state index contributed by atoms with van der Waals surface area (Å²) in [5.41, 5.74) is 3.35. The van der Waals surface area contributed by atoms with Gasteiger partial charge in [-0.3, -0.25) is 4.68 Å². The number of aryl methyl sites for hydroxylation is 1. The van der Waals surface area contributed by atoms with E-state index in [4.69, 9.17) is 10.4 Å². The van der Waals surface area contributed by atoms with Crippen LogP contribution in [0.2, 0.25) is 0 Å². The summed E-state index contributed by atoms with van der Waals surface area (Å²) >= 11 is 0. The van der Waals surface area contributed by atoms with Crippen molar-refractivity contribution in [3.63, 3.8) is 0 Å². The SMILES string of the molecule is CCC(=N)c1ccc(-c2ccnn2CC)nc1NC(C)C. The molecular weight excluding hydrogens is 262 g/mol. The third-order valence-corrected chi connectivity index (χ3v) is 3.28. The van der Waals surface area contributed by atoms with Crippen molar-refractivity contribution >= 4 is 11.5 Å². The van der Waals surface area contributed by atoms with Crippen LogP contribution >= 0.6 is 0 Å². The molecule has 0 fully saturated rings. The third-order valence-electron chi connectivity index (χ3n) is 3.28. The quantitative estimate of drug-likeness (QED) is 0.797. The van der Waals surface area contributed by atoms with Gasteiger partial charge >= 0.3 is 0 Å². The molecule has 2 rings (SSSR count). The van der Waals surface area contributed by atoms with Gasteiger partial charge in [-0.05, 0) is 45.4 Å². The van der Waals surface area contributed by atoms with Crippen LogP contribution in [0.1, 0.15) is 39.7 Å². The Kier molecular flexibility index (Phi) is 4.73. The molecule has 0 amide bonds. The van der Waals surface area contributed by atoms with Crippen LogP contribution in [-0.4, -0.2) is 26.5 Å². The van der Waals surface area contributed by atoms with Gasteiger partial charge in [0, 0.05) is 30.1 Å². The third kappa shape index (κ3) is 3.29. The maximum absolute atomic E-state index is 8.09. The molecule has 0 spiro atoms. The van der Waals surface area contributed by atoms with E-state index in [2.05, 4.69) is 31.2 Å². The van der Waals surface area contributed by atoms with Crippen LogP contribution in [0, 0.1) is 5.41 Å². The highest BCUT2D eigenvalue weighted by molar-refractivity contribution is 6.02. The van der Waals surface area contributed by atoms with Gasteiger partial charge in [-0.25, -0.2) is 4.98 Å². The number of pyridine rings is 1. The molecule has 0 saturated carbocycles. The number of rotatable bonds is 6. The lowest BCUT2D eigenvalue weighted by atomic mass is 10.1. The van der Waals surface area contributed by atoms with Gasteiger partial charge in [-0.2, -0.15) is 5.10 Å². The normalized spacial score (nSPS) is 10.9. The van der Waals surface area contributed by atoms with Crippen molar-refractivity contribution in [1.29, 1.82) is 5.41 Å². The Morgan fingerprint density at radius 2 is 2.05 bits per heavy atom. The Labute approximate surface area is 125 Å². The number of hydrogen-bond acceptors (Lipinski definition) is 4. The summed E-state index contributed by atoms with van der Waals surface area (Å²) in [6.07, 6.45) is 2.48. The van der Waals surface area contributed by atoms with E-state index in [0.29, 0.717) is 12.1 Å². The highest BCUT2D eigenvalue weighted by atomic mass is 15.3. The van der Waals surface area contributed by atoms with Crippen LogP contribution in [0.25, 0.3) is 11.4 Å². The first-order valence-electron chi connectivity index (χ1n) is 7.44. The minimum Gasteiger partial charge on any atom is -0.367 e. The van der Waals surface area contributed by atoms with Crippen molar-refractivity contribution in [2.75, 3.05) is 5.32 Å². The monoisotopic (exact) mass is 285 g/mol. The fourth-order valence-corrected chi connectivity index (χ4v) is 2.22. The van der Waals surface area contributed by atoms with Crippen LogP contribution in [0.15, 0.2) is 24.4 Å². The zero-order valence-corrected chi connectivity index (χ0v) is 13.1. The molecule has 5 nitrogen and oxygen atoms in total. The van der Waals surface area contributed by atoms with E-state index in [1.54, 1.807) is 6.20 Å². The average molecular weight is 285 g/mol. The van der Waals surface area contributed by atoms with Gasteiger partial charge in [-0.1, -0.05) is 6.92 Å². The number of aromatic nitrogens is 3. The minimum atomic E-state index is 0.271. The molecule has 2 heterocycles. The van der Waals surface area contributed by atoms with Crippen molar-refractivity contribution in [2.24, 2.45) is 0 Å². The molecule has 2 aromatic heterocycles. The highest BCUT2D eigenvalue weighted by Gasteiger charge is 2.13. The van der Waals surface area contributed by atoms with Crippen molar-refractivity contribution < 1.29 is 0 Å². The summed E-state index contributed by atoms with van der Waals surface area (Å²) in [7, 11) is 0. The fraction of sp³-hybridized carbons (Fsp3) is 0.438. The van der Waals surface area contributed by atoms with Gasteiger partial charge in [0.05, 0.1) is 11.4 Å². The number of hydrogen-bond donors (Lipinski definition) is 2. The van der Waals surface area contributed by atoms with Crippen molar-refractivity contribution in [3.05, 3.63) is 30.0 Å². The summed E-state index contributed by atoms with van der Waals surface area (Å²) in [6, 6.07) is 6.18. The van der Waals surface area contributed by atoms with Gasteiger partial charge in [0.15, 0.2) is 0 Å². The average Bonchev–Trinajstić information content (AvgIpc) is 2.94. The number of anilines is 1. The number of nitrogens with zero attached hydrogens (tertiary/aromatic N) is 3. The topological polar surface area (TPSA) is 66.6 Å². The van der Waals surface area contributed by atoms with Gasteiger partial charge in [0.1, 0.15) is 5.82 Å². The lowest BCUT2D eigenvalue weighted by molar-refractivity contribution is 0.665. The Morgan fingerprint density at radius 3 is 2.67 bits per heavy atom. The first-order chi connectivity index (χ1) is 10.1. The summed E-state index contributed by atoms with van der Waals surface area (Å²) in [5, 5.41) is 15.7. The fourth-order valence-electron chi connectivity index (χ4n) is 2.22. The summed E-state index contributed by atoms with van der Waals surface area (Å²) in [5.74, 6) is 0.776. The standard InChI is InChI=1S/C16H23N5/c1-5-13(17)12-7-8-14(20-16(12)19-11(3)4)15-9-10-18-21(15)6-2/h7-11,17H,5-6H2,1-4H3,(H,19,20). The van der Waals surface area contributed by atoms with Crippen LogP contribution in [-0.2, 0) is 6.54 Å². The lowest BCUT2D eigenvalue weighted by Crippen LogP contribution is -2.15. The van der Waals surface area contributed by atoms with E-state index in [-0.39, 0.29) is 6.04 Å².